The summed E-state index contributed by atoms with van der Waals surface area (Å²) in [7, 11) is 0. The summed E-state index contributed by atoms with van der Waals surface area (Å²) in [5.74, 6) is -0.199. The summed E-state index contributed by atoms with van der Waals surface area (Å²) in [4.78, 5) is 10.8. The first-order valence-corrected chi connectivity index (χ1v) is 6.51. The van der Waals surface area contributed by atoms with Crippen molar-refractivity contribution >= 4 is 5.97 Å². The van der Waals surface area contributed by atoms with Crippen LogP contribution in [-0.2, 0) is 14.3 Å². The second-order valence-electron chi connectivity index (χ2n) is 4.61. The zero-order valence-corrected chi connectivity index (χ0v) is 10.5. The summed E-state index contributed by atoms with van der Waals surface area (Å²) in [5, 5.41) is 0. The van der Waals surface area contributed by atoms with Gasteiger partial charge in [-0.15, -0.1) is 0 Å². The van der Waals surface area contributed by atoms with Crippen LogP contribution in [0.5, 0.6) is 0 Å². The maximum atomic E-state index is 10.8. The number of rotatable bonds is 6. The lowest BCUT2D eigenvalue weighted by atomic mass is 10.0. The summed E-state index contributed by atoms with van der Waals surface area (Å²) >= 11 is 0. The minimum Gasteiger partial charge on any atom is -0.460 e. The molecule has 1 fully saturated rings. The van der Waals surface area contributed by atoms with Crippen LogP contribution in [0.2, 0.25) is 0 Å². The third kappa shape index (κ3) is 5.50. The van der Waals surface area contributed by atoms with Gasteiger partial charge < -0.3 is 9.47 Å². The lowest BCUT2D eigenvalue weighted by Gasteiger charge is -2.28. The van der Waals surface area contributed by atoms with Crippen molar-refractivity contribution < 1.29 is 14.3 Å². The molecule has 0 radical (unpaired) electrons. The molecule has 0 amide bonds. The topological polar surface area (TPSA) is 35.5 Å². The van der Waals surface area contributed by atoms with Crippen LogP contribution in [0.3, 0.4) is 0 Å². The molecule has 0 bridgehead atoms. The first-order valence-electron chi connectivity index (χ1n) is 6.51. The number of carbonyl (C=O) groups is 1. The summed E-state index contributed by atoms with van der Waals surface area (Å²) in [6, 6.07) is 0. The van der Waals surface area contributed by atoms with Gasteiger partial charge in [-0.2, -0.15) is 0 Å². The van der Waals surface area contributed by atoms with Crippen molar-refractivity contribution in [1.29, 1.82) is 0 Å². The molecule has 94 valence electrons. The maximum Gasteiger partial charge on any atom is 0.302 e. The van der Waals surface area contributed by atoms with Crippen LogP contribution in [0.15, 0.2) is 0 Å². The summed E-state index contributed by atoms with van der Waals surface area (Å²) in [5.41, 5.74) is 0. The molecule has 1 aliphatic heterocycles. The average molecular weight is 228 g/mol. The van der Waals surface area contributed by atoms with Gasteiger partial charge in [0.05, 0.1) is 12.7 Å². The molecule has 0 aromatic heterocycles. The van der Waals surface area contributed by atoms with Crippen molar-refractivity contribution in [2.75, 3.05) is 6.61 Å². The van der Waals surface area contributed by atoms with Gasteiger partial charge in [-0.3, -0.25) is 4.79 Å². The molecule has 2 atom stereocenters. The van der Waals surface area contributed by atoms with Crippen molar-refractivity contribution in [3.8, 4) is 0 Å². The predicted octanol–water partition coefficient (Wildman–Crippen LogP) is 3.07. The Balaban J connectivity index is 2.05. The van der Waals surface area contributed by atoms with Crippen LogP contribution in [0.25, 0.3) is 0 Å². The van der Waals surface area contributed by atoms with Crippen molar-refractivity contribution in [2.45, 2.75) is 71.0 Å². The fourth-order valence-corrected chi connectivity index (χ4v) is 2.14. The minimum absolute atomic E-state index is 0.00982. The van der Waals surface area contributed by atoms with E-state index >= 15 is 0 Å². The second kappa shape index (κ2) is 7.66. The first-order chi connectivity index (χ1) is 7.72. The Bertz CT molecular complexity index is 195. The highest BCUT2D eigenvalue weighted by Crippen LogP contribution is 2.20. The molecule has 0 N–H and O–H groups in total. The van der Waals surface area contributed by atoms with Gasteiger partial charge >= 0.3 is 5.97 Å². The van der Waals surface area contributed by atoms with Crippen molar-refractivity contribution in [1.82, 2.24) is 0 Å². The normalized spacial score (nSPS) is 25.4. The lowest BCUT2D eigenvalue weighted by Crippen LogP contribution is -2.32. The van der Waals surface area contributed by atoms with E-state index in [0.717, 1.165) is 19.3 Å². The molecule has 1 heterocycles. The molecule has 0 saturated carbocycles. The van der Waals surface area contributed by atoms with E-state index in [4.69, 9.17) is 9.47 Å². The van der Waals surface area contributed by atoms with Crippen LogP contribution in [-0.4, -0.2) is 24.8 Å². The molecule has 3 heteroatoms. The minimum atomic E-state index is -0.199. The van der Waals surface area contributed by atoms with Crippen molar-refractivity contribution in [2.24, 2.45) is 0 Å². The van der Waals surface area contributed by atoms with E-state index in [0.29, 0.717) is 12.7 Å². The van der Waals surface area contributed by atoms with Crippen LogP contribution in [0.1, 0.15) is 58.8 Å². The molecular weight excluding hydrogens is 204 g/mol. The Kier molecular flexibility index (Phi) is 6.46. The Morgan fingerprint density at radius 1 is 1.31 bits per heavy atom. The molecule has 0 aromatic carbocycles. The summed E-state index contributed by atoms with van der Waals surface area (Å²) < 4.78 is 10.8. The zero-order chi connectivity index (χ0) is 11.8. The lowest BCUT2D eigenvalue weighted by molar-refractivity contribution is -0.156. The van der Waals surface area contributed by atoms with Crippen molar-refractivity contribution in [3.05, 3.63) is 0 Å². The zero-order valence-electron chi connectivity index (χ0n) is 10.5. The highest BCUT2D eigenvalue weighted by atomic mass is 16.6. The van der Waals surface area contributed by atoms with E-state index in [1.165, 1.54) is 32.6 Å². The smallest absolute Gasteiger partial charge is 0.302 e. The van der Waals surface area contributed by atoms with E-state index in [2.05, 4.69) is 6.92 Å². The van der Waals surface area contributed by atoms with Crippen LogP contribution in [0.4, 0.5) is 0 Å². The van der Waals surface area contributed by atoms with Gasteiger partial charge in [-0.1, -0.05) is 32.6 Å². The number of hydrogen-bond acceptors (Lipinski definition) is 3. The Morgan fingerprint density at radius 2 is 2.12 bits per heavy atom. The summed E-state index contributed by atoms with van der Waals surface area (Å²) in [6.07, 6.45) is 8.70. The molecule has 0 unspecified atom stereocenters. The molecule has 1 aliphatic rings. The quantitative estimate of drug-likeness (QED) is 0.517. The molecule has 0 aliphatic carbocycles. The Hall–Kier alpha value is -0.570. The predicted molar refractivity (Wildman–Crippen MR) is 63.3 cm³/mol. The number of hydrogen-bond donors (Lipinski definition) is 0. The number of carbonyl (C=O) groups excluding carboxylic acids is 1. The van der Waals surface area contributed by atoms with Gasteiger partial charge in [0.15, 0.2) is 0 Å². The molecule has 0 spiro atoms. The molecular formula is C13H24O3. The van der Waals surface area contributed by atoms with Crippen LogP contribution < -0.4 is 0 Å². The van der Waals surface area contributed by atoms with Gasteiger partial charge in [-0.05, 0) is 19.3 Å². The number of esters is 1. The molecule has 1 rings (SSSR count). The van der Waals surface area contributed by atoms with E-state index < -0.39 is 0 Å². The largest absolute Gasteiger partial charge is 0.460 e. The second-order valence-corrected chi connectivity index (χ2v) is 4.61. The molecule has 16 heavy (non-hydrogen) atoms. The van der Waals surface area contributed by atoms with Crippen LogP contribution >= 0.6 is 0 Å². The van der Waals surface area contributed by atoms with Gasteiger partial charge in [0.25, 0.3) is 0 Å². The van der Waals surface area contributed by atoms with E-state index in [1.807, 2.05) is 0 Å². The molecule has 0 aromatic rings. The number of unbranched alkanes of at least 4 members (excludes halogenated alkanes) is 3. The Morgan fingerprint density at radius 3 is 2.69 bits per heavy atom. The highest BCUT2D eigenvalue weighted by molar-refractivity contribution is 5.66. The van der Waals surface area contributed by atoms with E-state index in [-0.39, 0.29) is 12.1 Å². The van der Waals surface area contributed by atoms with E-state index in [9.17, 15) is 4.79 Å². The van der Waals surface area contributed by atoms with Crippen molar-refractivity contribution in [3.63, 3.8) is 0 Å². The molecule has 1 saturated heterocycles. The molecule has 3 nitrogen and oxygen atoms in total. The van der Waals surface area contributed by atoms with Crippen LogP contribution in [0, 0.1) is 0 Å². The average Bonchev–Trinajstić information content (AvgIpc) is 2.26. The SMILES string of the molecule is CCCCCC[C@@H]1CC[C@@H](OC(C)=O)CO1. The Labute approximate surface area is 98.5 Å². The highest BCUT2D eigenvalue weighted by Gasteiger charge is 2.22. The third-order valence-electron chi connectivity index (χ3n) is 3.04. The monoisotopic (exact) mass is 228 g/mol. The number of ether oxygens (including phenoxy) is 2. The standard InChI is InChI=1S/C13H24O3/c1-3-4-5-6-7-12-8-9-13(10-15-12)16-11(2)14/h12-13H,3-10H2,1-2H3/t12-,13-/m1/s1. The summed E-state index contributed by atoms with van der Waals surface area (Å²) in [6.45, 7) is 4.26. The fraction of sp³-hybridized carbons (Fsp3) is 0.923. The first kappa shape index (κ1) is 13.5. The maximum absolute atomic E-state index is 10.8. The van der Waals surface area contributed by atoms with Gasteiger partial charge in [0.1, 0.15) is 6.10 Å². The van der Waals surface area contributed by atoms with Gasteiger partial charge in [0.2, 0.25) is 0 Å². The van der Waals surface area contributed by atoms with E-state index in [1.54, 1.807) is 0 Å². The fourth-order valence-electron chi connectivity index (χ4n) is 2.14. The van der Waals surface area contributed by atoms with Gasteiger partial charge in [0, 0.05) is 6.92 Å². The third-order valence-corrected chi connectivity index (χ3v) is 3.04. The van der Waals surface area contributed by atoms with Gasteiger partial charge in [-0.25, -0.2) is 0 Å².